The van der Waals surface area contributed by atoms with Crippen molar-refractivity contribution in [2.24, 2.45) is 5.73 Å². The summed E-state index contributed by atoms with van der Waals surface area (Å²) < 4.78 is 14.6. The van der Waals surface area contributed by atoms with E-state index in [2.05, 4.69) is 0 Å². The first kappa shape index (κ1) is 11.0. The molecule has 0 spiro atoms. The molecule has 0 amide bonds. The minimum Gasteiger partial charge on any atom is -0.330 e. The van der Waals surface area contributed by atoms with Gasteiger partial charge in [0.05, 0.1) is 0 Å². The van der Waals surface area contributed by atoms with Gasteiger partial charge >= 0.3 is 0 Å². The average Bonchev–Trinajstić information content (AvgIpc) is 2.68. The number of rotatable bonds is 3. The highest BCUT2D eigenvalue weighted by atomic mass is 32.2. The second-order valence-electron chi connectivity index (χ2n) is 3.96. The fourth-order valence-corrected chi connectivity index (χ4v) is 3.32. The molecule has 1 aromatic carbocycles. The Balaban J connectivity index is 2.33. The molecular weight excluding hydrogens is 209 g/mol. The fraction of sp³-hybridized carbons (Fsp3) is 0.500. The molecule has 1 aromatic rings. The molecule has 2 N–H and O–H groups in total. The Morgan fingerprint density at radius 1 is 1.40 bits per heavy atom. The smallest absolute Gasteiger partial charge is 0.146 e. The summed E-state index contributed by atoms with van der Waals surface area (Å²) in [5.74, 6) is 1.52. The first-order chi connectivity index (χ1) is 7.26. The lowest BCUT2D eigenvalue weighted by molar-refractivity contribution is 0.201. The van der Waals surface area contributed by atoms with E-state index in [1.165, 1.54) is 0 Å². The molecule has 1 nitrogen and oxygen atoms in total. The van der Waals surface area contributed by atoms with Gasteiger partial charge in [-0.25, -0.2) is 4.39 Å². The van der Waals surface area contributed by atoms with Gasteiger partial charge in [-0.3, -0.25) is 0 Å². The highest BCUT2D eigenvalue weighted by Gasteiger charge is 2.37. The number of nitrogens with two attached hydrogens (primary N) is 1. The van der Waals surface area contributed by atoms with E-state index in [1.54, 1.807) is 11.8 Å². The van der Waals surface area contributed by atoms with E-state index in [0.29, 0.717) is 18.7 Å². The molecule has 15 heavy (non-hydrogen) atoms. The maximum absolute atomic E-state index is 14.6. The predicted molar refractivity (Wildman–Crippen MR) is 63.9 cm³/mol. The van der Waals surface area contributed by atoms with Crippen molar-refractivity contribution in [1.82, 2.24) is 0 Å². The standard InChI is InChI=1S/C12H16FNS/c13-12(6-8-15-9-12)11-4-2-1-3-10(11)5-7-14/h1-4H,5-9,14H2. The van der Waals surface area contributed by atoms with E-state index >= 15 is 0 Å². The summed E-state index contributed by atoms with van der Waals surface area (Å²) in [6, 6.07) is 7.78. The lowest BCUT2D eigenvalue weighted by Crippen LogP contribution is -2.21. The summed E-state index contributed by atoms with van der Waals surface area (Å²) in [5.41, 5.74) is 6.36. The van der Waals surface area contributed by atoms with Crippen LogP contribution >= 0.6 is 11.8 Å². The Labute approximate surface area is 94.2 Å². The Morgan fingerprint density at radius 2 is 2.20 bits per heavy atom. The number of halogens is 1. The topological polar surface area (TPSA) is 26.0 Å². The van der Waals surface area contributed by atoms with Gasteiger partial charge in [-0.05, 0) is 36.3 Å². The third-order valence-corrected chi connectivity index (χ3v) is 4.04. The lowest BCUT2D eigenvalue weighted by Gasteiger charge is -2.22. The number of benzene rings is 1. The van der Waals surface area contributed by atoms with Crippen molar-refractivity contribution >= 4 is 11.8 Å². The van der Waals surface area contributed by atoms with Gasteiger partial charge in [-0.1, -0.05) is 24.3 Å². The van der Waals surface area contributed by atoms with Gasteiger partial charge in [0.15, 0.2) is 0 Å². The van der Waals surface area contributed by atoms with Gasteiger partial charge < -0.3 is 5.73 Å². The fourth-order valence-electron chi connectivity index (χ4n) is 2.08. The summed E-state index contributed by atoms with van der Waals surface area (Å²) in [6.45, 7) is 0.584. The Morgan fingerprint density at radius 3 is 2.87 bits per heavy atom. The van der Waals surface area contributed by atoms with E-state index in [0.717, 1.165) is 23.3 Å². The second kappa shape index (κ2) is 4.54. The van der Waals surface area contributed by atoms with E-state index < -0.39 is 5.67 Å². The maximum atomic E-state index is 14.6. The molecule has 0 aromatic heterocycles. The van der Waals surface area contributed by atoms with E-state index in [9.17, 15) is 4.39 Å². The van der Waals surface area contributed by atoms with Gasteiger partial charge in [0.25, 0.3) is 0 Å². The molecule has 0 saturated carbocycles. The van der Waals surface area contributed by atoms with Crippen LogP contribution in [0.4, 0.5) is 4.39 Å². The maximum Gasteiger partial charge on any atom is 0.146 e. The van der Waals surface area contributed by atoms with Gasteiger partial charge in [-0.2, -0.15) is 11.8 Å². The normalized spacial score (nSPS) is 25.7. The van der Waals surface area contributed by atoms with Crippen LogP contribution in [0.5, 0.6) is 0 Å². The molecule has 1 aliphatic heterocycles. The molecule has 3 heteroatoms. The molecule has 1 heterocycles. The van der Waals surface area contributed by atoms with Crippen LogP contribution in [0.25, 0.3) is 0 Å². The summed E-state index contributed by atoms with van der Waals surface area (Å²) in [4.78, 5) is 0. The van der Waals surface area contributed by atoms with Crippen LogP contribution in [-0.4, -0.2) is 18.1 Å². The van der Waals surface area contributed by atoms with Gasteiger partial charge in [0, 0.05) is 5.75 Å². The molecular formula is C12H16FNS. The van der Waals surface area contributed by atoms with Crippen molar-refractivity contribution < 1.29 is 4.39 Å². The third-order valence-electron chi connectivity index (χ3n) is 2.89. The zero-order chi connectivity index (χ0) is 10.7. The average molecular weight is 225 g/mol. The number of hydrogen-bond donors (Lipinski definition) is 1. The van der Waals surface area contributed by atoms with E-state index in [1.807, 2.05) is 24.3 Å². The Kier molecular flexibility index (Phi) is 3.32. The Hall–Kier alpha value is -0.540. The van der Waals surface area contributed by atoms with E-state index in [4.69, 9.17) is 5.73 Å². The van der Waals surface area contributed by atoms with Crippen LogP contribution in [0, 0.1) is 0 Å². The number of hydrogen-bond acceptors (Lipinski definition) is 2. The number of thioether (sulfide) groups is 1. The zero-order valence-corrected chi connectivity index (χ0v) is 9.52. The SMILES string of the molecule is NCCc1ccccc1C1(F)CCSC1. The monoisotopic (exact) mass is 225 g/mol. The zero-order valence-electron chi connectivity index (χ0n) is 8.71. The molecule has 0 bridgehead atoms. The van der Waals surface area contributed by atoms with Gasteiger partial charge in [0.2, 0.25) is 0 Å². The van der Waals surface area contributed by atoms with Crippen molar-refractivity contribution in [3.05, 3.63) is 35.4 Å². The first-order valence-electron chi connectivity index (χ1n) is 5.31. The lowest BCUT2D eigenvalue weighted by atomic mass is 9.90. The van der Waals surface area contributed by atoms with Crippen molar-refractivity contribution in [3.8, 4) is 0 Å². The van der Waals surface area contributed by atoms with Crippen LogP contribution in [-0.2, 0) is 12.1 Å². The molecule has 1 unspecified atom stereocenters. The van der Waals surface area contributed by atoms with Gasteiger partial charge in [0.1, 0.15) is 5.67 Å². The molecule has 2 rings (SSSR count). The van der Waals surface area contributed by atoms with E-state index in [-0.39, 0.29) is 0 Å². The predicted octanol–water partition coefficient (Wildman–Crippen LogP) is 2.49. The number of alkyl halides is 1. The quantitative estimate of drug-likeness (QED) is 0.855. The minimum absolute atomic E-state index is 0.584. The van der Waals surface area contributed by atoms with Crippen LogP contribution in [0.3, 0.4) is 0 Å². The summed E-state index contributed by atoms with van der Waals surface area (Å²) in [7, 11) is 0. The second-order valence-corrected chi connectivity index (χ2v) is 5.07. The molecule has 0 aliphatic carbocycles. The molecule has 1 fully saturated rings. The highest BCUT2D eigenvalue weighted by molar-refractivity contribution is 7.99. The summed E-state index contributed by atoms with van der Waals surface area (Å²) >= 11 is 1.70. The minimum atomic E-state index is -1.11. The van der Waals surface area contributed by atoms with Crippen LogP contribution in [0.1, 0.15) is 17.5 Å². The summed E-state index contributed by atoms with van der Waals surface area (Å²) in [6.07, 6.45) is 1.41. The van der Waals surface area contributed by atoms with Gasteiger partial charge in [-0.15, -0.1) is 0 Å². The summed E-state index contributed by atoms with van der Waals surface area (Å²) in [5, 5.41) is 0. The first-order valence-corrected chi connectivity index (χ1v) is 6.47. The van der Waals surface area contributed by atoms with Crippen molar-refractivity contribution in [2.45, 2.75) is 18.5 Å². The molecule has 1 saturated heterocycles. The third kappa shape index (κ3) is 2.18. The molecule has 1 atom stereocenters. The molecule has 1 aliphatic rings. The van der Waals surface area contributed by atoms with Crippen molar-refractivity contribution in [3.63, 3.8) is 0 Å². The van der Waals surface area contributed by atoms with Crippen LogP contribution in [0.2, 0.25) is 0 Å². The Bertz CT molecular complexity index is 334. The largest absolute Gasteiger partial charge is 0.330 e. The molecule has 0 radical (unpaired) electrons. The van der Waals surface area contributed by atoms with Crippen molar-refractivity contribution in [2.75, 3.05) is 18.1 Å². The van der Waals surface area contributed by atoms with Crippen LogP contribution in [0.15, 0.2) is 24.3 Å². The highest BCUT2D eigenvalue weighted by Crippen LogP contribution is 2.41. The molecule has 82 valence electrons. The van der Waals surface area contributed by atoms with Crippen molar-refractivity contribution in [1.29, 1.82) is 0 Å². The van der Waals surface area contributed by atoms with Crippen LogP contribution < -0.4 is 5.73 Å².